The Morgan fingerprint density at radius 2 is 2.20 bits per heavy atom. The van der Waals surface area contributed by atoms with E-state index in [4.69, 9.17) is 9.47 Å². The summed E-state index contributed by atoms with van der Waals surface area (Å²) >= 11 is 0. The third-order valence-corrected chi connectivity index (χ3v) is 4.23. The van der Waals surface area contributed by atoms with Crippen molar-refractivity contribution in [1.29, 1.82) is 0 Å². The summed E-state index contributed by atoms with van der Waals surface area (Å²) in [6.45, 7) is 5.05. The van der Waals surface area contributed by atoms with Crippen molar-refractivity contribution in [3.63, 3.8) is 0 Å². The average molecular weight is 300 g/mol. The van der Waals surface area contributed by atoms with Gasteiger partial charge in [-0.2, -0.15) is 13.1 Å². The summed E-state index contributed by atoms with van der Waals surface area (Å²) < 4.78 is 39.7. The van der Waals surface area contributed by atoms with Crippen molar-refractivity contribution in [1.82, 2.24) is 9.44 Å². The Morgan fingerprint density at radius 1 is 1.40 bits per heavy atom. The molecule has 2 N–H and O–H groups in total. The number of fused-ring (bicyclic) bond motifs is 1. The van der Waals surface area contributed by atoms with Crippen molar-refractivity contribution in [3.05, 3.63) is 23.8 Å². The summed E-state index contributed by atoms with van der Waals surface area (Å²) in [5.41, 5.74) is 0.809. The molecule has 0 aromatic heterocycles. The summed E-state index contributed by atoms with van der Waals surface area (Å²) in [5.74, 6) is 1.41. The molecule has 7 heteroatoms. The maximum absolute atomic E-state index is 11.8. The third-order valence-electron chi connectivity index (χ3n) is 2.96. The minimum atomic E-state index is -3.50. The highest BCUT2D eigenvalue weighted by atomic mass is 32.2. The van der Waals surface area contributed by atoms with Gasteiger partial charge in [0.05, 0.1) is 19.3 Å². The molecule has 2 rings (SSSR count). The van der Waals surface area contributed by atoms with Crippen molar-refractivity contribution in [2.45, 2.75) is 26.3 Å². The Balaban J connectivity index is 2.24. The lowest BCUT2D eigenvalue weighted by Crippen LogP contribution is -2.40. The van der Waals surface area contributed by atoms with Gasteiger partial charge in [0.2, 0.25) is 0 Å². The highest BCUT2D eigenvalue weighted by molar-refractivity contribution is 7.87. The summed E-state index contributed by atoms with van der Waals surface area (Å²) in [6, 6.07) is 5.16. The fourth-order valence-corrected chi connectivity index (χ4v) is 3.25. The summed E-state index contributed by atoms with van der Waals surface area (Å²) in [4.78, 5) is 0. The second-order valence-electron chi connectivity index (χ2n) is 4.44. The van der Waals surface area contributed by atoms with Crippen molar-refractivity contribution in [2.75, 3.05) is 19.8 Å². The summed E-state index contributed by atoms with van der Waals surface area (Å²) in [5, 5.41) is 0. The molecule has 1 heterocycles. The van der Waals surface area contributed by atoms with Crippen LogP contribution in [0.4, 0.5) is 0 Å². The van der Waals surface area contributed by atoms with E-state index in [1.807, 2.05) is 25.1 Å². The largest absolute Gasteiger partial charge is 0.494 e. The van der Waals surface area contributed by atoms with Crippen LogP contribution in [0, 0.1) is 0 Å². The van der Waals surface area contributed by atoms with Crippen LogP contribution in [0.1, 0.15) is 31.9 Å². The minimum Gasteiger partial charge on any atom is -0.494 e. The third kappa shape index (κ3) is 3.62. The van der Waals surface area contributed by atoms with Gasteiger partial charge in [0, 0.05) is 18.5 Å². The zero-order valence-corrected chi connectivity index (χ0v) is 12.5. The number of hydrogen-bond donors (Lipinski definition) is 2. The van der Waals surface area contributed by atoms with Gasteiger partial charge in [0.1, 0.15) is 11.5 Å². The zero-order chi connectivity index (χ0) is 14.6. The maximum atomic E-state index is 11.8. The smallest absolute Gasteiger partial charge is 0.277 e. The molecule has 1 aromatic rings. The second kappa shape index (κ2) is 6.43. The predicted molar refractivity (Wildman–Crippen MR) is 76.2 cm³/mol. The van der Waals surface area contributed by atoms with Crippen LogP contribution in [0.25, 0.3) is 0 Å². The van der Waals surface area contributed by atoms with Crippen molar-refractivity contribution >= 4 is 10.2 Å². The first-order valence-electron chi connectivity index (χ1n) is 6.72. The Labute approximate surface area is 119 Å². The molecular formula is C13H20N2O4S. The molecule has 0 amide bonds. The van der Waals surface area contributed by atoms with Crippen molar-refractivity contribution < 1.29 is 17.9 Å². The van der Waals surface area contributed by atoms with E-state index in [9.17, 15) is 8.42 Å². The van der Waals surface area contributed by atoms with Crippen LogP contribution in [-0.2, 0) is 10.2 Å². The fraction of sp³-hybridized carbons (Fsp3) is 0.538. The van der Waals surface area contributed by atoms with Gasteiger partial charge < -0.3 is 9.47 Å². The Hall–Kier alpha value is -1.31. The van der Waals surface area contributed by atoms with Gasteiger partial charge >= 0.3 is 0 Å². The Kier molecular flexibility index (Phi) is 4.85. The quantitative estimate of drug-likeness (QED) is 0.831. The van der Waals surface area contributed by atoms with Crippen LogP contribution in [0.5, 0.6) is 11.5 Å². The van der Waals surface area contributed by atoms with Crippen molar-refractivity contribution in [2.24, 2.45) is 0 Å². The molecule has 1 unspecified atom stereocenters. The minimum absolute atomic E-state index is 0.303. The lowest BCUT2D eigenvalue weighted by molar-refractivity contribution is 0.260. The standard InChI is InChI=1S/C13H20N2O4S/c1-3-14-20(16,17)15-12-7-8-19-13-6-5-10(18-4-2)9-11(12)13/h5-6,9,12,14-15H,3-4,7-8H2,1-2H3. The van der Waals surface area contributed by atoms with Crippen LogP contribution in [-0.4, -0.2) is 28.2 Å². The molecular weight excluding hydrogens is 280 g/mol. The first-order valence-corrected chi connectivity index (χ1v) is 8.20. The molecule has 0 bridgehead atoms. The van der Waals surface area contributed by atoms with Gasteiger partial charge in [0.15, 0.2) is 0 Å². The first kappa shape index (κ1) is 15.1. The van der Waals surface area contributed by atoms with Crippen LogP contribution < -0.4 is 18.9 Å². The van der Waals surface area contributed by atoms with Crippen LogP contribution in [0.2, 0.25) is 0 Å². The molecule has 112 valence electrons. The molecule has 0 saturated heterocycles. The molecule has 0 spiro atoms. The lowest BCUT2D eigenvalue weighted by Gasteiger charge is -2.27. The van der Waals surface area contributed by atoms with Gasteiger partial charge in [-0.3, -0.25) is 0 Å². The second-order valence-corrected chi connectivity index (χ2v) is 5.97. The van der Waals surface area contributed by atoms with Gasteiger partial charge in [-0.1, -0.05) is 6.92 Å². The maximum Gasteiger partial charge on any atom is 0.277 e. The number of nitrogens with one attached hydrogen (secondary N) is 2. The molecule has 1 atom stereocenters. The molecule has 0 saturated carbocycles. The van der Waals surface area contributed by atoms with E-state index < -0.39 is 10.2 Å². The number of benzene rings is 1. The van der Waals surface area contributed by atoms with E-state index in [2.05, 4.69) is 9.44 Å². The van der Waals surface area contributed by atoms with E-state index in [-0.39, 0.29) is 6.04 Å². The predicted octanol–water partition coefficient (Wildman–Crippen LogP) is 1.35. The highest BCUT2D eigenvalue weighted by Gasteiger charge is 2.26. The molecule has 0 aliphatic carbocycles. The van der Waals surface area contributed by atoms with Crippen LogP contribution >= 0.6 is 0 Å². The summed E-state index contributed by atoms with van der Waals surface area (Å²) in [7, 11) is -3.50. The molecule has 1 aromatic carbocycles. The lowest BCUT2D eigenvalue weighted by atomic mass is 10.0. The fourth-order valence-electron chi connectivity index (χ4n) is 2.17. The first-order chi connectivity index (χ1) is 9.55. The van der Waals surface area contributed by atoms with E-state index in [0.717, 1.165) is 5.56 Å². The van der Waals surface area contributed by atoms with E-state index in [0.29, 0.717) is 37.7 Å². The molecule has 6 nitrogen and oxygen atoms in total. The molecule has 0 fully saturated rings. The van der Waals surface area contributed by atoms with E-state index >= 15 is 0 Å². The molecule has 0 radical (unpaired) electrons. The van der Waals surface area contributed by atoms with Crippen LogP contribution in [0.15, 0.2) is 18.2 Å². The molecule has 20 heavy (non-hydrogen) atoms. The normalized spacial score (nSPS) is 18.2. The SMILES string of the molecule is CCNS(=O)(=O)NC1CCOc2ccc(OCC)cc21. The number of rotatable bonds is 6. The van der Waals surface area contributed by atoms with Gasteiger partial charge in [-0.05, 0) is 25.1 Å². The topological polar surface area (TPSA) is 76.7 Å². The van der Waals surface area contributed by atoms with E-state index in [1.54, 1.807) is 6.92 Å². The highest BCUT2D eigenvalue weighted by Crippen LogP contribution is 2.35. The monoisotopic (exact) mass is 300 g/mol. The zero-order valence-electron chi connectivity index (χ0n) is 11.7. The molecule has 1 aliphatic heterocycles. The van der Waals surface area contributed by atoms with Crippen molar-refractivity contribution in [3.8, 4) is 11.5 Å². The van der Waals surface area contributed by atoms with E-state index in [1.165, 1.54) is 0 Å². The van der Waals surface area contributed by atoms with Gasteiger partial charge in [-0.15, -0.1) is 0 Å². The average Bonchev–Trinajstić information content (AvgIpc) is 2.39. The summed E-state index contributed by atoms with van der Waals surface area (Å²) in [6.07, 6.45) is 0.590. The molecule has 1 aliphatic rings. The van der Waals surface area contributed by atoms with Gasteiger partial charge in [0.25, 0.3) is 10.2 Å². The number of hydrogen-bond acceptors (Lipinski definition) is 4. The number of ether oxygens (including phenoxy) is 2. The Bertz CT molecular complexity index is 559. The van der Waals surface area contributed by atoms with Crippen LogP contribution in [0.3, 0.4) is 0 Å². The van der Waals surface area contributed by atoms with Gasteiger partial charge in [-0.25, -0.2) is 4.72 Å². The Morgan fingerprint density at radius 3 is 2.90 bits per heavy atom.